The zero-order valence-corrected chi connectivity index (χ0v) is 12.2. The summed E-state index contributed by atoms with van der Waals surface area (Å²) in [4.78, 5) is 14.2. The maximum Gasteiger partial charge on any atom is 0.237 e. The molecule has 2 rings (SSSR count). The largest absolute Gasteiger partial charge is 0.334 e. The first-order chi connectivity index (χ1) is 9.60. The first-order valence-electron chi connectivity index (χ1n) is 7.37. The first kappa shape index (κ1) is 15.0. The number of hydrogen-bond acceptors (Lipinski definition) is 2. The Morgan fingerprint density at radius 1 is 1.40 bits per heavy atom. The van der Waals surface area contributed by atoms with Gasteiger partial charge >= 0.3 is 0 Å². The van der Waals surface area contributed by atoms with Gasteiger partial charge in [-0.15, -0.1) is 0 Å². The number of benzene rings is 1. The van der Waals surface area contributed by atoms with Gasteiger partial charge in [0.05, 0.1) is 6.54 Å². The fraction of sp³-hybridized carbons (Fsp3) is 0.562. The summed E-state index contributed by atoms with van der Waals surface area (Å²) in [5.74, 6) is -0.103. The van der Waals surface area contributed by atoms with E-state index < -0.39 is 0 Å². The van der Waals surface area contributed by atoms with Crippen LogP contribution in [-0.2, 0) is 11.3 Å². The summed E-state index contributed by atoms with van der Waals surface area (Å²) < 4.78 is 12.9. The summed E-state index contributed by atoms with van der Waals surface area (Å²) in [6, 6.07) is 7.11. The van der Waals surface area contributed by atoms with Crippen molar-refractivity contribution in [1.82, 2.24) is 10.2 Å². The highest BCUT2D eigenvalue weighted by Crippen LogP contribution is 2.28. The van der Waals surface area contributed by atoms with Gasteiger partial charge in [0.2, 0.25) is 5.91 Å². The molecular formula is C16H23FN2O. The minimum atomic E-state index is -0.239. The van der Waals surface area contributed by atoms with Crippen molar-refractivity contribution in [2.75, 3.05) is 6.54 Å². The molecule has 1 aliphatic carbocycles. The quantitative estimate of drug-likeness (QED) is 0.831. The van der Waals surface area contributed by atoms with Gasteiger partial charge in [0.15, 0.2) is 0 Å². The minimum Gasteiger partial charge on any atom is -0.334 e. The number of carbonyl (C=O) groups excluding carboxylic acids is 1. The number of rotatable bonds is 7. The van der Waals surface area contributed by atoms with Gasteiger partial charge in [0, 0.05) is 18.6 Å². The molecular weight excluding hydrogens is 255 g/mol. The van der Waals surface area contributed by atoms with Crippen LogP contribution in [-0.4, -0.2) is 29.4 Å². The summed E-state index contributed by atoms with van der Waals surface area (Å²) >= 11 is 0. The molecule has 0 saturated heterocycles. The molecule has 4 heteroatoms. The molecule has 1 aromatic carbocycles. The summed E-state index contributed by atoms with van der Waals surface area (Å²) in [7, 11) is 0. The zero-order chi connectivity index (χ0) is 14.5. The van der Waals surface area contributed by atoms with Crippen LogP contribution in [0, 0.1) is 5.82 Å². The van der Waals surface area contributed by atoms with E-state index in [1.165, 1.54) is 12.1 Å². The Labute approximate surface area is 120 Å². The van der Waals surface area contributed by atoms with Crippen LogP contribution in [0.15, 0.2) is 24.3 Å². The lowest BCUT2D eigenvalue weighted by molar-refractivity contribution is -0.131. The molecule has 0 aliphatic heterocycles. The van der Waals surface area contributed by atoms with Gasteiger partial charge in [-0.2, -0.15) is 0 Å². The second-order valence-electron chi connectivity index (χ2n) is 5.57. The average Bonchev–Trinajstić information content (AvgIpc) is 3.28. The summed E-state index contributed by atoms with van der Waals surface area (Å²) in [6.45, 7) is 5.13. The molecule has 1 N–H and O–H groups in total. The van der Waals surface area contributed by atoms with Crippen LogP contribution in [0.2, 0.25) is 0 Å². The SMILES string of the molecule is CCC(C)NCC(=O)N(Cc1ccc(F)cc1)C1CC1. The van der Waals surface area contributed by atoms with E-state index in [1.54, 1.807) is 12.1 Å². The predicted octanol–water partition coefficient (Wildman–Crippen LogP) is 2.70. The van der Waals surface area contributed by atoms with E-state index in [0.29, 0.717) is 25.2 Å². The van der Waals surface area contributed by atoms with E-state index in [9.17, 15) is 9.18 Å². The lowest BCUT2D eigenvalue weighted by Gasteiger charge is -2.24. The maximum absolute atomic E-state index is 12.9. The van der Waals surface area contributed by atoms with Crippen LogP contribution in [0.4, 0.5) is 4.39 Å². The molecule has 0 heterocycles. The van der Waals surface area contributed by atoms with E-state index >= 15 is 0 Å². The third-order valence-corrected chi connectivity index (χ3v) is 3.79. The number of halogens is 1. The number of amides is 1. The van der Waals surface area contributed by atoms with E-state index in [-0.39, 0.29) is 11.7 Å². The molecule has 110 valence electrons. The lowest BCUT2D eigenvalue weighted by atomic mass is 10.2. The van der Waals surface area contributed by atoms with Gasteiger partial charge in [0.1, 0.15) is 5.82 Å². The topological polar surface area (TPSA) is 32.3 Å². The Kier molecular flexibility index (Phi) is 5.12. The van der Waals surface area contributed by atoms with Crippen molar-refractivity contribution in [2.45, 2.75) is 51.7 Å². The molecule has 0 aromatic heterocycles. The van der Waals surface area contributed by atoms with Crippen molar-refractivity contribution in [3.05, 3.63) is 35.6 Å². The minimum absolute atomic E-state index is 0.136. The monoisotopic (exact) mass is 278 g/mol. The number of hydrogen-bond donors (Lipinski definition) is 1. The third-order valence-electron chi connectivity index (χ3n) is 3.79. The van der Waals surface area contributed by atoms with Crippen LogP contribution < -0.4 is 5.32 Å². The van der Waals surface area contributed by atoms with Crippen molar-refractivity contribution in [1.29, 1.82) is 0 Å². The van der Waals surface area contributed by atoms with Crippen LogP contribution in [0.25, 0.3) is 0 Å². The van der Waals surface area contributed by atoms with Crippen molar-refractivity contribution in [3.8, 4) is 0 Å². The highest BCUT2D eigenvalue weighted by Gasteiger charge is 2.32. The van der Waals surface area contributed by atoms with Gasteiger partial charge in [-0.1, -0.05) is 19.1 Å². The van der Waals surface area contributed by atoms with Gasteiger partial charge in [-0.3, -0.25) is 4.79 Å². The normalized spacial score (nSPS) is 15.9. The fourth-order valence-corrected chi connectivity index (χ4v) is 2.10. The third kappa shape index (κ3) is 4.30. The molecule has 1 fully saturated rings. The van der Waals surface area contributed by atoms with E-state index in [4.69, 9.17) is 0 Å². The molecule has 1 aromatic rings. The Morgan fingerprint density at radius 2 is 2.05 bits per heavy atom. The van der Waals surface area contributed by atoms with E-state index in [0.717, 1.165) is 24.8 Å². The molecule has 0 spiro atoms. The summed E-state index contributed by atoms with van der Waals surface area (Å²) in [5.41, 5.74) is 0.982. The zero-order valence-electron chi connectivity index (χ0n) is 12.2. The van der Waals surface area contributed by atoms with Crippen molar-refractivity contribution >= 4 is 5.91 Å². The molecule has 1 unspecified atom stereocenters. The Bertz CT molecular complexity index is 442. The molecule has 1 saturated carbocycles. The molecule has 20 heavy (non-hydrogen) atoms. The highest BCUT2D eigenvalue weighted by atomic mass is 19.1. The van der Waals surface area contributed by atoms with E-state index in [2.05, 4.69) is 19.2 Å². The van der Waals surface area contributed by atoms with E-state index in [1.807, 2.05) is 4.90 Å². The molecule has 1 atom stereocenters. The lowest BCUT2D eigenvalue weighted by Crippen LogP contribution is -2.41. The Hall–Kier alpha value is -1.42. The Morgan fingerprint density at radius 3 is 2.60 bits per heavy atom. The standard InChI is InChI=1S/C16H23FN2O/c1-3-12(2)18-10-16(20)19(15-8-9-15)11-13-4-6-14(17)7-5-13/h4-7,12,15,18H,3,8-11H2,1-2H3. The smallest absolute Gasteiger partial charge is 0.237 e. The molecule has 1 amide bonds. The predicted molar refractivity (Wildman–Crippen MR) is 77.7 cm³/mol. The molecule has 0 bridgehead atoms. The van der Waals surface area contributed by atoms with Crippen molar-refractivity contribution < 1.29 is 9.18 Å². The van der Waals surface area contributed by atoms with Crippen molar-refractivity contribution in [3.63, 3.8) is 0 Å². The summed E-state index contributed by atoms with van der Waals surface area (Å²) in [5, 5.41) is 3.24. The number of nitrogens with zero attached hydrogens (tertiary/aromatic N) is 1. The molecule has 0 radical (unpaired) electrons. The van der Waals surface area contributed by atoms with Gasteiger partial charge in [-0.25, -0.2) is 4.39 Å². The first-order valence-corrected chi connectivity index (χ1v) is 7.37. The second kappa shape index (κ2) is 6.84. The van der Waals surface area contributed by atoms with Crippen LogP contribution in [0.1, 0.15) is 38.7 Å². The fourth-order valence-electron chi connectivity index (χ4n) is 2.10. The number of nitrogens with one attached hydrogen (secondary N) is 1. The molecule has 3 nitrogen and oxygen atoms in total. The summed E-state index contributed by atoms with van der Waals surface area (Å²) in [6.07, 6.45) is 3.17. The van der Waals surface area contributed by atoms with Gasteiger partial charge in [0.25, 0.3) is 0 Å². The molecule has 1 aliphatic rings. The van der Waals surface area contributed by atoms with Crippen LogP contribution in [0.5, 0.6) is 0 Å². The van der Waals surface area contributed by atoms with Gasteiger partial charge < -0.3 is 10.2 Å². The number of carbonyl (C=O) groups is 1. The average molecular weight is 278 g/mol. The maximum atomic E-state index is 12.9. The van der Waals surface area contributed by atoms with Crippen molar-refractivity contribution in [2.24, 2.45) is 0 Å². The second-order valence-corrected chi connectivity index (χ2v) is 5.57. The Balaban J connectivity index is 1.93. The van der Waals surface area contributed by atoms with Gasteiger partial charge in [-0.05, 0) is 43.9 Å². The highest BCUT2D eigenvalue weighted by molar-refractivity contribution is 5.79. The van der Waals surface area contributed by atoms with Crippen LogP contribution >= 0.6 is 0 Å². The van der Waals surface area contributed by atoms with Crippen LogP contribution in [0.3, 0.4) is 0 Å².